The molecule has 1 amide bonds. The summed E-state index contributed by atoms with van der Waals surface area (Å²) >= 11 is 6.73. The van der Waals surface area contributed by atoms with Crippen molar-refractivity contribution in [1.82, 2.24) is 14.3 Å². The maximum absolute atomic E-state index is 13.8. The Morgan fingerprint density at radius 2 is 1.97 bits per heavy atom. The summed E-state index contributed by atoms with van der Waals surface area (Å²) in [5, 5.41) is 0. The van der Waals surface area contributed by atoms with Gasteiger partial charge in [0.25, 0.3) is 11.5 Å². The fraction of sp³-hybridized carbons (Fsp3) is 0.333. The van der Waals surface area contributed by atoms with Crippen LogP contribution < -0.4 is 10.5 Å². The Hall–Kier alpha value is -3.01. The lowest BCUT2D eigenvalue weighted by Crippen LogP contribution is -2.34. The van der Waals surface area contributed by atoms with Gasteiger partial charge < -0.3 is 9.64 Å². The molecule has 3 aromatic rings. The second kappa shape index (κ2) is 10.5. The maximum Gasteiger partial charge on any atom is 0.267 e. The van der Waals surface area contributed by atoms with Gasteiger partial charge in [-0.2, -0.15) is 0 Å². The molecule has 36 heavy (non-hydrogen) atoms. The fourth-order valence-electron chi connectivity index (χ4n) is 4.64. The average Bonchev–Trinajstić information content (AvgIpc) is 3.15. The molecule has 7 nitrogen and oxygen atoms in total. The summed E-state index contributed by atoms with van der Waals surface area (Å²) in [7, 11) is 0. The van der Waals surface area contributed by atoms with E-state index in [1.807, 2.05) is 32.0 Å². The van der Waals surface area contributed by atoms with E-state index in [2.05, 4.69) is 23.1 Å². The quantitative estimate of drug-likeness (QED) is 0.263. The third-order valence-electron chi connectivity index (χ3n) is 6.52. The Morgan fingerprint density at radius 3 is 2.78 bits per heavy atom. The number of aromatic nitrogens is 2. The highest BCUT2D eigenvalue weighted by atomic mass is 32.2. The smallest absolute Gasteiger partial charge is 0.267 e. The van der Waals surface area contributed by atoms with E-state index < -0.39 is 0 Å². The van der Waals surface area contributed by atoms with Gasteiger partial charge in [0.2, 0.25) is 0 Å². The zero-order valence-corrected chi connectivity index (χ0v) is 22.0. The molecule has 5 rings (SSSR count). The van der Waals surface area contributed by atoms with Crippen LogP contribution in [-0.2, 0) is 22.5 Å². The van der Waals surface area contributed by atoms with Crippen molar-refractivity contribution in [1.29, 1.82) is 0 Å². The number of carbonyl (C=O) groups is 1. The van der Waals surface area contributed by atoms with Crippen molar-refractivity contribution in [2.75, 3.05) is 31.2 Å². The lowest BCUT2D eigenvalue weighted by Gasteiger charge is -2.31. The number of hydrogen-bond donors (Lipinski definition) is 0. The van der Waals surface area contributed by atoms with Crippen molar-refractivity contribution in [2.24, 2.45) is 0 Å². The number of benzene rings is 1. The highest BCUT2D eigenvalue weighted by Crippen LogP contribution is 2.34. The predicted molar refractivity (Wildman–Crippen MR) is 148 cm³/mol. The van der Waals surface area contributed by atoms with Gasteiger partial charge in [0.1, 0.15) is 15.8 Å². The van der Waals surface area contributed by atoms with E-state index in [1.165, 1.54) is 22.9 Å². The molecule has 2 aromatic heterocycles. The van der Waals surface area contributed by atoms with E-state index in [1.54, 1.807) is 21.6 Å². The molecule has 1 aromatic carbocycles. The Bertz CT molecular complexity index is 1430. The van der Waals surface area contributed by atoms with Crippen molar-refractivity contribution in [3.05, 3.63) is 80.1 Å². The lowest BCUT2D eigenvalue weighted by molar-refractivity contribution is -0.122. The first kappa shape index (κ1) is 24.7. The SMILES string of the molecule is CCOCCCN1C(=O)/C(=C/c2c(N3CCc4ccccc4C3)nc3c(C)cccn3c2=O)SC1=S. The number of fused-ring (bicyclic) bond motifs is 2. The number of anilines is 1. The summed E-state index contributed by atoms with van der Waals surface area (Å²) in [5.41, 5.74) is 4.29. The molecule has 0 spiro atoms. The first-order valence-corrected chi connectivity index (χ1v) is 13.4. The minimum Gasteiger partial charge on any atom is -0.382 e. The zero-order chi connectivity index (χ0) is 25.2. The molecule has 0 N–H and O–H groups in total. The number of aryl methyl sites for hydroxylation is 1. The monoisotopic (exact) mass is 520 g/mol. The van der Waals surface area contributed by atoms with Crippen molar-refractivity contribution in [3.8, 4) is 0 Å². The topological polar surface area (TPSA) is 67.2 Å². The Labute approximate surface area is 219 Å². The van der Waals surface area contributed by atoms with E-state index >= 15 is 0 Å². The van der Waals surface area contributed by atoms with Gasteiger partial charge >= 0.3 is 0 Å². The average molecular weight is 521 g/mol. The van der Waals surface area contributed by atoms with Crippen LogP contribution in [0.2, 0.25) is 0 Å². The maximum atomic E-state index is 13.8. The van der Waals surface area contributed by atoms with Gasteiger partial charge in [-0.15, -0.1) is 0 Å². The van der Waals surface area contributed by atoms with Crippen LogP contribution in [0.3, 0.4) is 0 Å². The van der Waals surface area contributed by atoms with Crippen LogP contribution in [-0.4, -0.2) is 50.8 Å². The molecule has 2 aliphatic heterocycles. The van der Waals surface area contributed by atoms with Crippen molar-refractivity contribution in [3.63, 3.8) is 0 Å². The van der Waals surface area contributed by atoms with Crippen LogP contribution in [0.15, 0.2) is 52.3 Å². The molecule has 2 aliphatic rings. The van der Waals surface area contributed by atoms with Crippen LogP contribution in [0.25, 0.3) is 11.7 Å². The molecule has 1 fully saturated rings. The zero-order valence-electron chi connectivity index (χ0n) is 20.4. The van der Waals surface area contributed by atoms with E-state index in [-0.39, 0.29) is 11.5 Å². The van der Waals surface area contributed by atoms with Crippen LogP contribution >= 0.6 is 24.0 Å². The minimum atomic E-state index is -0.195. The molecule has 0 aliphatic carbocycles. The summed E-state index contributed by atoms with van der Waals surface area (Å²) in [5.74, 6) is 0.426. The van der Waals surface area contributed by atoms with Crippen molar-refractivity contribution in [2.45, 2.75) is 33.2 Å². The Kier molecular flexibility index (Phi) is 7.22. The highest BCUT2D eigenvalue weighted by Gasteiger charge is 2.33. The molecule has 0 atom stereocenters. The molecule has 186 valence electrons. The predicted octanol–water partition coefficient (Wildman–Crippen LogP) is 4.19. The van der Waals surface area contributed by atoms with E-state index in [0.717, 1.165) is 18.5 Å². The molecular formula is C27H28N4O3S2. The third kappa shape index (κ3) is 4.70. The molecule has 1 saturated heterocycles. The summed E-state index contributed by atoms with van der Waals surface area (Å²) in [4.78, 5) is 36.1. The summed E-state index contributed by atoms with van der Waals surface area (Å²) in [6, 6.07) is 12.1. The van der Waals surface area contributed by atoms with Crippen molar-refractivity contribution < 1.29 is 9.53 Å². The molecule has 4 heterocycles. The lowest BCUT2D eigenvalue weighted by atomic mass is 9.99. The molecule has 0 radical (unpaired) electrons. The number of rotatable bonds is 7. The number of ether oxygens (including phenoxy) is 1. The van der Waals surface area contributed by atoms with E-state index in [0.29, 0.717) is 59.0 Å². The number of nitrogens with zero attached hydrogens (tertiary/aromatic N) is 4. The number of hydrogen-bond acceptors (Lipinski definition) is 7. The van der Waals surface area contributed by atoms with Crippen molar-refractivity contribution >= 4 is 51.7 Å². The largest absolute Gasteiger partial charge is 0.382 e. The molecule has 9 heteroatoms. The second-order valence-electron chi connectivity index (χ2n) is 8.86. The second-order valence-corrected chi connectivity index (χ2v) is 10.5. The Balaban J connectivity index is 1.56. The van der Waals surface area contributed by atoms with Gasteiger partial charge in [0.15, 0.2) is 0 Å². The molecule has 0 unspecified atom stereocenters. The van der Waals surface area contributed by atoms with Crippen LogP contribution in [0.5, 0.6) is 0 Å². The van der Waals surface area contributed by atoms with Crippen LogP contribution in [0.1, 0.15) is 35.6 Å². The van der Waals surface area contributed by atoms with Gasteiger partial charge in [-0.1, -0.05) is 54.3 Å². The Morgan fingerprint density at radius 1 is 1.17 bits per heavy atom. The first-order valence-electron chi connectivity index (χ1n) is 12.1. The van der Waals surface area contributed by atoms with Gasteiger partial charge in [0.05, 0.1) is 10.5 Å². The standard InChI is InChI=1S/C27H28N4O3S2/c1-3-34-15-7-13-31-26(33)22(36-27(31)35)16-21-24(28-23-18(2)8-6-12-30(23)25(21)32)29-14-11-19-9-4-5-10-20(19)17-29/h4-6,8-10,12,16H,3,7,11,13-15,17H2,1-2H3/b22-16-. The van der Waals surface area contributed by atoms with Crippen LogP contribution in [0.4, 0.5) is 5.82 Å². The number of carbonyl (C=O) groups excluding carboxylic acids is 1. The highest BCUT2D eigenvalue weighted by molar-refractivity contribution is 8.26. The van der Waals surface area contributed by atoms with Crippen LogP contribution in [0, 0.1) is 6.92 Å². The minimum absolute atomic E-state index is 0.176. The summed E-state index contributed by atoms with van der Waals surface area (Å²) in [6.07, 6.45) is 4.98. The summed E-state index contributed by atoms with van der Waals surface area (Å²) < 4.78 is 7.46. The van der Waals surface area contributed by atoms with Gasteiger partial charge in [0, 0.05) is 39.0 Å². The number of thioether (sulfide) groups is 1. The van der Waals surface area contributed by atoms with Gasteiger partial charge in [-0.05, 0) is 55.5 Å². The molecule has 0 bridgehead atoms. The van der Waals surface area contributed by atoms with Gasteiger partial charge in [-0.25, -0.2) is 4.98 Å². The normalized spacial score (nSPS) is 16.9. The molecular weight excluding hydrogens is 492 g/mol. The number of amides is 1. The van der Waals surface area contributed by atoms with E-state index in [4.69, 9.17) is 21.9 Å². The number of pyridine rings is 1. The first-order chi connectivity index (χ1) is 17.5. The molecule has 0 saturated carbocycles. The van der Waals surface area contributed by atoms with Gasteiger partial charge in [-0.3, -0.25) is 18.9 Å². The fourth-order valence-corrected chi connectivity index (χ4v) is 5.93. The van der Waals surface area contributed by atoms with E-state index in [9.17, 15) is 9.59 Å². The third-order valence-corrected chi connectivity index (χ3v) is 7.90. The summed E-state index contributed by atoms with van der Waals surface area (Å²) in [6.45, 7) is 6.99. The number of thiocarbonyl (C=S) groups is 1.